The molecule has 2 nitrogen and oxygen atoms in total. The lowest BCUT2D eigenvalue weighted by Crippen LogP contribution is -2.01. The smallest absolute Gasteiger partial charge is 0.151 e. The van der Waals surface area contributed by atoms with E-state index in [9.17, 15) is 9.59 Å². The molecule has 0 bridgehead atoms. The molecule has 0 amide bonds. The average molecular weight is 300 g/mol. The molecular weight excluding hydrogens is 284 g/mol. The monoisotopic (exact) mass is 300 g/mol. The Morgan fingerprint density at radius 1 is 0.696 bits per heavy atom. The molecular formula is C21H16O2. The largest absolute Gasteiger partial charge is 0.298 e. The van der Waals surface area contributed by atoms with Crippen LogP contribution in [0.1, 0.15) is 26.3 Å². The summed E-state index contributed by atoms with van der Waals surface area (Å²) in [6, 6.07) is 21.6. The molecule has 0 aliphatic carbocycles. The minimum atomic E-state index is 0.449. The summed E-state index contributed by atoms with van der Waals surface area (Å²) in [7, 11) is 0. The molecule has 2 heteroatoms. The van der Waals surface area contributed by atoms with Gasteiger partial charge < -0.3 is 0 Å². The molecule has 0 atom stereocenters. The molecule has 0 aromatic heterocycles. The van der Waals surface area contributed by atoms with Crippen molar-refractivity contribution in [2.75, 3.05) is 0 Å². The Balaban J connectivity index is 2.42. The fourth-order valence-corrected chi connectivity index (χ4v) is 2.90. The first-order valence-corrected chi connectivity index (χ1v) is 7.45. The van der Waals surface area contributed by atoms with E-state index in [1.165, 1.54) is 0 Å². The Morgan fingerprint density at radius 3 is 1.74 bits per heavy atom. The van der Waals surface area contributed by atoms with Gasteiger partial charge in [0.25, 0.3) is 0 Å². The van der Waals surface area contributed by atoms with Gasteiger partial charge in [-0.05, 0) is 29.2 Å². The van der Waals surface area contributed by atoms with E-state index in [0.29, 0.717) is 11.1 Å². The lowest BCUT2D eigenvalue weighted by Gasteiger charge is -2.16. The first-order chi connectivity index (χ1) is 11.3. The SMILES string of the molecule is Cc1cc(-c2ccccc2)c(-c2ccccc2)c(C=O)c1C=O. The number of rotatable bonds is 4. The first kappa shape index (κ1) is 14.9. The van der Waals surface area contributed by atoms with Crippen molar-refractivity contribution in [1.82, 2.24) is 0 Å². The highest BCUT2D eigenvalue weighted by Gasteiger charge is 2.17. The normalized spacial score (nSPS) is 10.3. The van der Waals surface area contributed by atoms with Crippen LogP contribution in [0.15, 0.2) is 66.7 Å². The maximum atomic E-state index is 11.8. The lowest BCUT2D eigenvalue weighted by molar-refractivity contribution is 0.109. The van der Waals surface area contributed by atoms with Gasteiger partial charge in [0.15, 0.2) is 12.6 Å². The molecule has 3 aromatic carbocycles. The second kappa shape index (κ2) is 6.41. The zero-order valence-corrected chi connectivity index (χ0v) is 12.8. The fraction of sp³-hybridized carbons (Fsp3) is 0.0476. The zero-order chi connectivity index (χ0) is 16.2. The van der Waals surface area contributed by atoms with Crippen molar-refractivity contribution in [1.29, 1.82) is 0 Å². The Hall–Kier alpha value is -3.00. The molecule has 3 rings (SSSR count). The van der Waals surface area contributed by atoms with Crippen molar-refractivity contribution in [3.63, 3.8) is 0 Å². The van der Waals surface area contributed by atoms with Crippen molar-refractivity contribution < 1.29 is 9.59 Å². The Bertz CT molecular complexity index is 850. The van der Waals surface area contributed by atoms with E-state index in [-0.39, 0.29) is 0 Å². The number of benzene rings is 3. The Labute approximate surface area is 135 Å². The van der Waals surface area contributed by atoms with Gasteiger partial charge in [-0.25, -0.2) is 0 Å². The molecule has 0 saturated heterocycles. The van der Waals surface area contributed by atoms with Crippen LogP contribution in [-0.4, -0.2) is 12.6 Å². The van der Waals surface area contributed by atoms with Crippen molar-refractivity contribution in [2.24, 2.45) is 0 Å². The second-order valence-electron chi connectivity index (χ2n) is 5.41. The number of hydrogen-bond acceptors (Lipinski definition) is 2. The summed E-state index contributed by atoms with van der Waals surface area (Å²) < 4.78 is 0. The van der Waals surface area contributed by atoms with Gasteiger partial charge in [0.05, 0.1) is 0 Å². The third-order valence-corrected chi connectivity index (χ3v) is 4.00. The summed E-state index contributed by atoms with van der Waals surface area (Å²) >= 11 is 0. The van der Waals surface area contributed by atoms with Crippen LogP contribution in [0.5, 0.6) is 0 Å². The lowest BCUT2D eigenvalue weighted by atomic mass is 9.86. The van der Waals surface area contributed by atoms with Crippen molar-refractivity contribution in [3.8, 4) is 22.3 Å². The van der Waals surface area contributed by atoms with E-state index < -0.39 is 0 Å². The van der Waals surface area contributed by atoms with Crippen LogP contribution >= 0.6 is 0 Å². The molecule has 112 valence electrons. The molecule has 0 heterocycles. The maximum Gasteiger partial charge on any atom is 0.151 e. The number of carbonyl (C=O) groups is 2. The first-order valence-electron chi connectivity index (χ1n) is 7.45. The summed E-state index contributed by atoms with van der Waals surface area (Å²) in [5.41, 5.74) is 5.43. The van der Waals surface area contributed by atoms with Crippen LogP contribution in [0.3, 0.4) is 0 Å². The van der Waals surface area contributed by atoms with Crippen LogP contribution in [0.4, 0.5) is 0 Å². The molecule has 0 N–H and O–H groups in total. The Morgan fingerprint density at radius 2 is 1.22 bits per heavy atom. The van der Waals surface area contributed by atoms with Crippen LogP contribution in [0.2, 0.25) is 0 Å². The summed E-state index contributed by atoms with van der Waals surface area (Å²) in [5, 5.41) is 0. The van der Waals surface area contributed by atoms with E-state index in [0.717, 1.165) is 40.4 Å². The fourth-order valence-electron chi connectivity index (χ4n) is 2.90. The topological polar surface area (TPSA) is 34.1 Å². The number of aryl methyl sites for hydroxylation is 1. The molecule has 0 radical (unpaired) electrons. The number of carbonyl (C=O) groups excluding carboxylic acids is 2. The summed E-state index contributed by atoms with van der Waals surface area (Å²) in [6.07, 6.45) is 1.55. The number of hydrogen-bond donors (Lipinski definition) is 0. The van der Waals surface area contributed by atoms with E-state index in [4.69, 9.17) is 0 Å². The van der Waals surface area contributed by atoms with Gasteiger partial charge in [-0.2, -0.15) is 0 Å². The third kappa shape index (κ3) is 2.71. The van der Waals surface area contributed by atoms with E-state index in [2.05, 4.69) is 0 Å². The van der Waals surface area contributed by atoms with E-state index in [1.54, 1.807) is 0 Å². The van der Waals surface area contributed by atoms with Gasteiger partial charge in [-0.1, -0.05) is 66.7 Å². The molecule has 0 aliphatic rings. The Kier molecular flexibility index (Phi) is 4.15. The maximum absolute atomic E-state index is 11.8. The minimum Gasteiger partial charge on any atom is -0.298 e. The molecule has 0 spiro atoms. The predicted molar refractivity (Wildman–Crippen MR) is 92.8 cm³/mol. The molecule has 3 aromatic rings. The number of aldehydes is 2. The highest BCUT2D eigenvalue weighted by molar-refractivity contribution is 6.03. The van der Waals surface area contributed by atoms with Gasteiger partial charge in [0.2, 0.25) is 0 Å². The summed E-state index contributed by atoms with van der Waals surface area (Å²) in [6.45, 7) is 1.86. The van der Waals surface area contributed by atoms with Crippen LogP contribution in [-0.2, 0) is 0 Å². The third-order valence-electron chi connectivity index (χ3n) is 4.00. The predicted octanol–water partition coefficient (Wildman–Crippen LogP) is 4.95. The van der Waals surface area contributed by atoms with Crippen molar-refractivity contribution in [2.45, 2.75) is 6.92 Å². The van der Waals surface area contributed by atoms with Gasteiger partial charge >= 0.3 is 0 Å². The van der Waals surface area contributed by atoms with Crippen molar-refractivity contribution in [3.05, 3.63) is 83.4 Å². The zero-order valence-electron chi connectivity index (χ0n) is 12.8. The van der Waals surface area contributed by atoms with Crippen LogP contribution < -0.4 is 0 Å². The molecule has 23 heavy (non-hydrogen) atoms. The second-order valence-corrected chi connectivity index (χ2v) is 5.41. The summed E-state index contributed by atoms with van der Waals surface area (Å²) in [4.78, 5) is 23.2. The van der Waals surface area contributed by atoms with E-state index >= 15 is 0 Å². The van der Waals surface area contributed by atoms with Gasteiger partial charge in [0, 0.05) is 16.7 Å². The highest BCUT2D eigenvalue weighted by atomic mass is 16.1. The van der Waals surface area contributed by atoms with Crippen LogP contribution in [0, 0.1) is 6.92 Å². The molecule has 0 fully saturated rings. The summed E-state index contributed by atoms with van der Waals surface area (Å²) in [5.74, 6) is 0. The van der Waals surface area contributed by atoms with Crippen LogP contribution in [0.25, 0.3) is 22.3 Å². The standard InChI is InChI=1S/C21H16O2/c1-15-12-18(16-8-4-2-5-9-16)21(17-10-6-3-7-11-17)20(14-23)19(15)13-22/h2-14H,1H3. The molecule has 0 saturated carbocycles. The van der Waals surface area contributed by atoms with Gasteiger partial charge in [-0.3, -0.25) is 9.59 Å². The molecule has 0 unspecified atom stereocenters. The average Bonchev–Trinajstić information content (AvgIpc) is 2.62. The minimum absolute atomic E-state index is 0.449. The van der Waals surface area contributed by atoms with Gasteiger partial charge in [-0.15, -0.1) is 0 Å². The van der Waals surface area contributed by atoms with Gasteiger partial charge in [0.1, 0.15) is 0 Å². The molecule has 0 aliphatic heterocycles. The highest BCUT2D eigenvalue weighted by Crippen LogP contribution is 2.37. The van der Waals surface area contributed by atoms with Crippen molar-refractivity contribution >= 4 is 12.6 Å². The van der Waals surface area contributed by atoms with E-state index in [1.807, 2.05) is 73.7 Å². The quantitative estimate of drug-likeness (QED) is 0.639.